The number of nitrogens with zero attached hydrogens (tertiary/aromatic N) is 1. The Hall–Kier alpha value is -0.500. The van der Waals surface area contributed by atoms with E-state index in [2.05, 4.69) is 6.42 Å². The standard InChI is InChI=1S/C9H13ClNO/c1-2-8(10)9(12)11-6-4-3-5-7-11/h2,4H,3,5-7H2,1H3. The van der Waals surface area contributed by atoms with E-state index in [1.165, 1.54) is 0 Å². The highest BCUT2D eigenvalue weighted by molar-refractivity contribution is 6.42. The number of allylic oxidation sites excluding steroid dienone is 1. The van der Waals surface area contributed by atoms with Crippen LogP contribution in [0.2, 0.25) is 0 Å². The molecule has 0 aromatic carbocycles. The Bertz CT molecular complexity index is 195. The molecule has 1 amide bonds. The molecule has 1 fully saturated rings. The number of carbonyl (C=O) groups excluding carboxylic acids is 1. The lowest BCUT2D eigenvalue weighted by molar-refractivity contribution is -0.126. The summed E-state index contributed by atoms with van der Waals surface area (Å²) in [6.07, 6.45) is 5.91. The van der Waals surface area contributed by atoms with Crippen LogP contribution in [-0.2, 0) is 4.79 Å². The fraction of sp³-hybridized carbons (Fsp3) is 0.556. The van der Waals surface area contributed by atoms with Gasteiger partial charge in [0.05, 0.1) is 0 Å². The van der Waals surface area contributed by atoms with Gasteiger partial charge in [-0.05, 0) is 26.2 Å². The molecule has 12 heavy (non-hydrogen) atoms. The highest BCUT2D eigenvalue weighted by Gasteiger charge is 2.18. The number of amides is 1. The first-order valence-electron chi connectivity index (χ1n) is 4.18. The molecule has 0 spiro atoms. The molecule has 0 bridgehead atoms. The molecule has 67 valence electrons. The summed E-state index contributed by atoms with van der Waals surface area (Å²) in [6.45, 7) is 3.34. The molecule has 1 heterocycles. The van der Waals surface area contributed by atoms with E-state index in [1.54, 1.807) is 17.9 Å². The van der Waals surface area contributed by atoms with Crippen molar-refractivity contribution in [2.45, 2.75) is 19.8 Å². The predicted molar refractivity (Wildman–Crippen MR) is 49.7 cm³/mol. The van der Waals surface area contributed by atoms with Crippen LogP contribution >= 0.6 is 11.6 Å². The molecule has 3 heteroatoms. The molecule has 1 aliphatic heterocycles. The molecule has 1 saturated heterocycles. The Morgan fingerprint density at radius 2 is 2.42 bits per heavy atom. The van der Waals surface area contributed by atoms with Crippen LogP contribution in [0.4, 0.5) is 0 Å². The van der Waals surface area contributed by atoms with E-state index in [-0.39, 0.29) is 5.91 Å². The van der Waals surface area contributed by atoms with Gasteiger partial charge in [-0.3, -0.25) is 4.79 Å². The molecule has 0 unspecified atom stereocenters. The van der Waals surface area contributed by atoms with Crippen LogP contribution < -0.4 is 0 Å². The molecular formula is C9H13ClNO. The van der Waals surface area contributed by atoms with Crippen molar-refractivity contribution >= 4 is 17.5 Å². The first-order valence-corrected chi connectivity index (χ1v) is 4.56. The lowest BCUT2D eigenvalue weighted by atomic mass is 10.1. The fourth-order valence-electron chi connectivity index (χ4n) is 1.22. The number of hydrogen-bond donors (Lipinski definition) is 0. The van der Waals surface area contributed by atoms with Gasteiger partial charge in [0.1, 0.15) is 5.03 Å². The van der Waals surface area contributed by atoms with Crippen molar-refractivity contribution in [1.82, 2.24) is 4.90 Å². The Labute approximate surface area is 78.2 Å². The minimum absolute atomic E-state index is 0.0462. The highest BCUT2D eigenvalue weighted by Crippen LogP contribution is 2.13. The van der Waals surface area contributed by atoms with Gasteiger partial charge in [0.2, 0.25) is 0 Å². The fourth-order valence-corrected chi connectivity index (χ4v) is 1.34. The SMILES string of the molecule is CC=C(Cl)C(=O)N1C[CH]CCC1. The van der Waals surface area contributed by atoms with Crippen molar-refractivity contribution in [3.63, 3.8) is 0 Å². The molecule has 0 saturated carbocycles. The van der Waals surface area contributed by atoms with E-state index in [1.807, 2.05) is 0 Å². The van der Waals surface area contributed by atoms with Gasteiger partial charge in [-0.2, -0.15) is 0 Å². The second kappa shape index (κ2) is 4.51. The summed E-state index contributed by atoms with van der Waals surface area (Å²) in [4.78, 5) is 13.2. The second-order valence-electron chi connectivity index (χ2n) is 2.82. The van der Waals surface area contributed by atoms with Gasteiger partial charge in [0, 0.05) is 13.1 Å². The van der Waals surface area contributed by atoms with Crippen LogP contribution in [0.5, 0.6) is 0 Å². The summed E-state index contributed by atoms with van der Waals surface area (Å²) in [5.41, 5.74) is 0. The summed E-state index contributed by atoms with van der Waals surface area (Å²) in [5.74, 6) is -0.0462. The zero-order chi connectivity index (χ0) is 8.97. The number of piperidine rings is 1. The maximum absolute atomic E-state index is 11.4. The quantitative estimate of drug-likeness (QED) is 0.574. The van der Waals surface area contributed by atoms with Crippen molar-refractivity contribution < 1.29 is 4.79 Å². The van der Waals surface area contributed by atoms with Gasteiger partial charge in [0.25, 0.3) is 5.91 Å². The maximum Gasteiger partial charge on any atom is 0.265 e. The Balaban J connectivity index is 2.51. The highest BCUT2D eigenvalue weighted by atomic mass is 35.5. The topological polar surface area (TPSA) is 20.3 Å². The van der Waals surface area contributed by atoms with Gasteiger partial charge in [-0.15, -0.1) is 0 Å². The molecule has 2 nitrogen and oxygen atoms in total. The normalized spacial score (nSPS) is 19.5. The van der Waals surface area contributed by atoms with Crippen LogP contribution in [0.25, 0.3) is 0 Å². The number of rotatable bonds is 1. The summed E-state index contributed by atoms with van der Waals surface area (Å²) < 4.78 is 0. The van der Waals surface area contributed by atoms with Crippen LogP contribution in [-0.4, -0.2) is 23.9 Å². The van der Waals surface area contributed by atoms with E-state index in [4.69, 9.17) is 11.6 Å². The molecule has 1 aliphatic rings. The largest absolute Gasteiger partial charge is 0.338 e. The summed E-state index contributed by atoms with van der Waals surface area (Å²) in [6, 6.07) is 0. The van der Waals surface area contributed by atoms with E-state index in [0.29, 0.717) is 5.03 Å². The van der Waals surface area contributed by atoms with Gasteiger partial charge in [0.15, 0.2) is 0 Å². The van der Waals surface area contributed by atoms with E-state index < -0.39 is 0 Å². The smallest absolute Gasteiger partial charge is 0.265 e. The number of hydrogen-bond acceptors (Lipinski definition) is 1. The van der Waals surface area contributed by atoms with Crippen molar-refractivity contribution in [2.24, 2.45) is 0 Å². The van der Waals surface area contributed by atoms with Crippen molar-refractivity contribution in [3.05, 3.63) is 17.5 Å². The van der Waals surface area contributed by atoms with Gasteiger partial charge < -0.3 is 4.90 Å². The van der Waals surface area contributed by atoms with Gasteiger partial charge >= 0.3 is 0 Å². The van der Waals surface area contributed by atoms with E-state index in [9.17, 15) is 4.79 Å². The summed E-state index contributed by atoms with van der Waals surface area (Å²) >= 11 is 5.71. The van der Waals surface area contributed by atoms with Crippen LogP contribution in [0.1, 0.15) is 19.8 Å². The Morgan fingerprint density at radius 3 is 2.92 bits per heavy atom. The maximum atomic E-state index is 11.4. The lowest BCUT2D eigenvalue weighted by Crippen LogP contribution is -2.35. The zero-order valence-electron chi connectivity index (χ0n) is 7.22. The Morgan fingerprint density at radius 1 is 1.67 bits per heavy atom. The third-order valence-corrected chi connectivity index (χ3v) is 2.31. The summed E-state index contributed by atoms with van der Waals surface area (Å²) in [5, 5.41) is 0.324. The number of carbonyl (C=O) groups is 1. The first-order chi connectivity index (χ1) is 5.75. The molecule has 1 rings (SSSR count). The molecule has 0 atom stereocenters. The minimum Gasteiger partial charge on any atom is -0.338 e. The zero-order valence-corrected chi connectivity index (χ0v) is 7.97. The third-order valence-electron chi connectivity index (χ3n) is 1.93. The van der Waals surface area contributed by atoms with Gasteiger partial charge in [-0.25, -0.2) is 0 Å². The molecule has 1 radical (unpaired) electrons. The van der Waals surface area contributed by atoms with Crippen molar-refractivity contribution in [3.8, 4) is 0 Å². The van der Waals surface area contributed by atoms with E-state index in [0.717, 1.165) is 25.9 Å². The first kappa shape index (κ1) is 9.59. The van der Waals surface area contributed by atoms with Crippen LogP contribution in [0, 0.1) is 6.42 Å². The second-order valence-corrected chi connectivity index (χ2v) is 3.23. The van der Waals surface area contributed by atoms with Crippen LogP contribution in [0.3, 0.4) is 0 Å². The summed E-state index contributed by atoms with van der Waals surface area (Å²) in [7, 11) is 0. The molecule has 0 aromatic rings. The average molecular weight is 187 g/mol. The Kier molecular flexibility index (Phi) is 3.60. The average Bonchev–Trinajstić information content (AvgIpc) is 2.17. The lowest BCUT2D eigenvalue weighted by Gasteiger charge is -2.26. The molecule has 0 aromatic heterocycles. The molecular weight excluding hydrogens is 174 g/mol. The number of likely N-dealkylation sites (tertiary alicyclic amines) is 1. The third kappa shape index (κ3) is 2.24. The molecule has 0 N–H and O–H groups in total. The van der Waals surface area contributed by atoms with Gasteiger partial charge in [-0.1, -0.05) is 17.7 Å². The van der Waals surface area contributed by atoms with E-state index >= 15 is 0 Å². The minimum atomic E-state index is -0.0462. The monoisotopic (exact) mass is 186 g/mol. The van der Waals surface area contributed by atoms with Crippen molar-refractivity contribution in [2.75, 3.05) is 13.1 Å². The predicted octanol–water partition coefficient (Wildman–Crippen LogP) is 1.96. The van der Waals surface area contributed by atoms with Crippen molar-refractivity contribution in [1.29, 1.82) is 0 Å². The van der Waals surface area contributed by atoms with Crippen LogP contribution in [0.15, 0.2) is 11.1 Å². The molecule has 0 aliphatic carbocycles. The number of halogens is 1.